The Bertz CT molecular complexity index is 651. The van der Waals surface area contributed by atoms with Crippen LogP contribution in [0.3, 0.4) is 0 Å². The molecule has 3 rings (SSSR count). The van der Waals surface area contributed by atoms with E-state index in [-0.39, 0.29) is 0 Å². The van der Waals surface area contributed by atoms with E-state index in [1.54, 1.807) is 7.11 Å². The maximum absolute atomic E-state index is 5.19. The van der Waals surface area contributed by atoms with E-state index in [0.29, 0.717) is 0 Å². The van der Waals surface area contributed by atoms with Crippen LogP contribution in [-0.4, -0.2) is 36.7 Å². The molecule has 24 heavy (non-hydrogen) atoms. The summed E-state index contributed by atoms with van der Waals surface area (Å²) in [5.74, 6) is 3.68. The highest BCUT2D eigenvalue weighted by atomic mass is 16.5. The Morgan fingerprint density at radius 3 is 2.54 bits per heavy atom. The number of rotatable bonds is 6. The van der Waals surface area contributed by atoms with Gasteiger partial charge in [0.1, 0.15) is 23.2 Å². The van der Waals surface area contributed by atoms with Crippen molar-refractivity contribution >= 4 is 11.6 Å². The number of aryl methyl sites for hydroxylation is 1. The van der Waals surface area contributed by atoms with Crippen molar-refractivity contribution in [2.45, 2.75) is 32.6 Å². The Hall–Kier alpha value is -2.30. The van der Waals surface area contributed by atoms with Gasteiger partial charge in [0, 0.05) is 25.7 Å². The van der Waals surface area contributed by atoms with Crippen LogP contribution in [-0.2, 0) is 6.42 Å². The van der Waals surface area contributed by atoms with Crippen molar-refractivity contribution in [2.75, 3.05) is 37.0 Å². The first-order valence-electron chi connectivity index (χ1n) is 8.72. The van der Waals surface area contributed by atoms with Crippen LogP contribution in [0.4, 0.5) is 11.6 Å². The number of anilines is 2. The second kappa shape index (κ2) is 7.99. The van der Waals surface area contributed by atoms with E-state index in [9.17, 15) is 0 Å². The molecule has 0 spiro atoms. The summed E-state index contributed by atoms with van der Waals surface area (Å²) in [6, 6.07) is 10.3. The number of hydrogen-bond acceptors (Lipinski definition) is 5. The van der Waals surface area contributed by atoms with Crippen molar-refractivity contribution in [3.8, 4) is 5.75 Å². The van der Waals surface area contributed by atoms with Gasteiger partial charge in [-0.05, 0) is 50.3 Å². The number of nitrogens with zero attached hydrogens (tertiary/aromatic N) is 3. The molecule has 0 saturated carbocycles. The van der Waals surface area contributed by atoms with Crippen LogP contribution in [0, 0.1) is 6.92 Å². The summed E-state index contributed by atoms with van der Waals surface area (Å²) in [5.41, 5.74) is 1.28. The molecule has 1 aromatic heterocycles. The van der Waals surface area contributed by atoms with E-state index in [1.807, 2.05) is 19.1 Å². The van der Waals surface area contributed by atoms with E-state index in [1.165, 1.54) is 24.8 Å². The molecular weight excluding hydrogens is 300 g/mol. The monoisotopic (exact) mass is 326 g/mol. The van der Waals surface area contributed by atoms with Gasteiger partial charge in [-0.25, -0.2) is 9.97 Å². The summed E-state index contributed by atoms with van der Waals surface area (Å²) >= 11 is 0. The molecule has 1 aromatic carbocycles. The number of hydrogen-bond donors (Lipinski definition) is 1. The Morgan fingerprint density at radius 1 is 1.08 bits per heavy atom. The smallest absolute Gasteiger partial charge is 0.134 e. The molecule has 5 heteroatoms. The minimum Gasteiger partial charge on any atom is -0.497 e. The number of methoxy groups -OCH3 is 1. The lowest BCUT2D eigenvalue weighted by Crippen LogP contribution is -2.30. The highest BCUT2D eigenvalue weighted by Gasteiger charge is 2.13. The van der Waals surface area contributed by atoms with Gasteiger partial charge in [-0.15, -0.1) is 0 Å². The van der Waals surface area contributed by atoms with E-state index >= 15 is 0 Å². The standard InChI is InChI=1S/C19H26N4O/c1-15-21-18(14-19(22-15)23-12-4-3-5-13-23)20-11-10-16-6-8-17(24-2)9-7-16/h6-9,14H,3-5,10-13H2,1-2H3,(H,20,21,22). The number of benzene rings is 1. The van der Waals surface area contributed by atoms with Crippen LogP contribution in [0.1, 0.15) is 30.7 Å². The summed E-state index contributed by atoms with van der Waals surface area (Å²) in [7, 11) is 1.69. The van der Waals surface area contributed by atoms with Crippen molar-refractivity contribution in [1.29, 1.82) is 0 Å². The largest absolute Gasteiger partial charge is 0.497 e. The molecular formula is C19H26N4O. The Kier molecular flexibility index (Phi) is 5.51. The van der Waals surface area contributed by atoms with Gasteiger partial charge in [-0.3, -0.25) is 0 Å². The van der Waals surface area contributed by atoms with Crippen LogP contribution in [0.5, 0.6) is 5.75 Å². The van der Waals surface area contributed by atoms with Crippen molar-refractivity contribution in [3.63, 3.8) is 0 Å². The van der Waals surface area contributed by atoms with Crippen LogP contribution in [0.25, 0.3) is 0 Å². The molecule has 128 valence electrons. The molecule has 1 fully saturated rings. The second-order valence-corrected chi connectivity index (χ2v) is 6.23. The maximum Gasteiger partial charge on any atom is 0.134 e. The minimum absolute atomic E-state index is 0.824. The number of aromatic nitrogens is 2. The molecule has 2 aromatic rings. The van der Waals surface area contributed by atoms with Gasteiger partial charge >= 0.3 is 0 Å². The van der Waals surface area contributed by atoms with Crippen LogP contribution >= 0.6 is 0 Å². The molecule has 1 aliphatic rings. The first-order chi connectivity index (χ1) is 11.7. The van der Waals surface area contributed by atoms with Gasteiger partial charge in [0.05, 0.1) is 7.11 Å². The van der Waals surface area contributed by atoms with E-state index in [4.69, 9.17) is 4.74 Å². The van der Waals surface area contributed by atoms with E-state index in [0.717, 1.165) is 49.3 Å². The third-order valence-electron chi connectivity index (χ3n) is 4.38. The highest BCUT2D eigenvalue weighted by molar-refractivity contribution is 5.49. The lowest BCUT2D eigenvalue weighted by atomic mass is 10.1. The molecule has 5 nitrogen and oxygen atoms in total. The molecule has 1 N–H and O–H groups in total. The Labute approximate surface area is 144 Å². The van der Waals surface area contributed by atoms with Crippen molar-refractivity contribution in [1.82, 2.24) is 9.97 Å². The lowest BCUT2D eigenvalue weighted by Gasteiger charge is -2.28. The first kappa shape index (κ1) is 16.6. The third-order valence-corrected chi connectivity index (χ3v) is 4.38. The molecule has 0 radical (unpaired) electrons. The van der Waals surface area contributed by atoms with Crippen molar-refractivity contribution in [3.05, 3.63) is 41.7 Å². The van der Waals surface area contributed by atoms with Gasteiger partial charge in [-0.2, -0.15) is 0 Å². The number of nitrogens with one attached hydrogen (secondary N) is 1. The summed E-state index contributed by atoms with van der Waals surface area (Å²) in [4.78, 5) is 11.5. The molecule has 0 atom stereocenters. The zero-order valence-electron chi connectivity index (χ0n) is 14.6. The van der Waals surface area contributed by atoms with Gasteiger partial charge in [0.25, 0.3) is 0 Å². The van der Waals surface area contributed by atoms with Crippen molar-refractivity contribution in [2.24, 2.45) is 0 Å². The van der Waals surface area contributed by atoms with Gasteiger partial charge in [0.15, 0.2) is 0 Å². The second-order valence-electron chi connectivity index (χ2n) is 6.23. The van der Waals surface area contributed by atoms with Crippen LogP contribution < -0.4 is 15.0 Å². The summed E-state index contributed by atoms with van der Waals surface area (Å²) < 4.78 is 5.19. The Morgan fingerprint density at radius 2 is 1.83 bits per heavy atom. The van der Waals surface area contributed by atoms with Gasteiger partial charge in [0.2, 0.25) is 0 Å². The molecule has 0 amide bonds. The number of piperidine rings is 1. The average Bonchev–Trinajstić information content (AvgIpc) is 2.63. The summed E-state index contributed by atoms with van der Waals surface area (Å²) in [6.45, 7) is 5.01. The quantitative estimate of drug-likeness (QED) is 0.881. The topological polar surface area (TPSA) is 50.3 Å². The summed E-state index contributed by atoms with van der Waals surface area (Å²) in [6.07, 6.45) is 4.78. The molecule has 1 aliphatic heterocycles. The lowest BCUT2D eigenvalue weighted by molar-refractivity contribution is 0.414. The predicted octanol–water partition coefficient (Wildman–Crippen LogP) is 3.44. The predicted molar refractivity (Wildman–Crippen MR) is 98.0 cm³/mol. The Balaban J connectivity index is 1.58. The third kappa shape index (κ3) is 4.37. The van der Waals surface area contributed by atoms with Gasteiger partial charge in [-0.1, -0.05) is 12.1 Å². The highest BCUT2D eigenvalue weighted by Crippen LogP contribution is 2.20. The molecule has 0 aliphatic carbocycles. The van der Waals surface area contributed by atoms with E-state index < -0.39 is 0 Å². The van der Waals surface area contributed by atoms with Crippen molar-refractivity contribution < 1.29 is 4.74 Å². The minimum atomic E-state index is 0.824. The fraction of sp³-hybridized carbons (Fsp3) is 0.474. The first-order valence-corrected chi connectivity index (χ1v) is 8.72. The zero-order chi connectivity index (χ0) is 16.8. The van der Waals surface area contributed by atoms with Crippen LogP contribution in [0.2, 0.25) is 0 Å². The fourth-order valence-electron chi connectivity index (χ4n) is 3.05. The number of ether oxygens (including phenoxy) is 1. The van der Waals surface area contributed by atoms with E-state index in [2.05, 4.69) is 38.4 Å². The SMILES string of the molecule is COc1ccc(CCNc2cc(N3CCCCC3)nc(C)n2)cc1. The molecule has 1 saturated heterocycles. The fourth-order valence-corrected chi connectivity index (χ4v) is 3.05. The van der Waals surface area contributed by atoms with Gasteiger partial charge < -0.3 is 15.0 Å². The zero-order valence-corrected chi connectivity index (χ0v) is 14.6. The normalized spacial score (nSPS) is 14.5. The maximum atomic E-state index is 5.19. The van der Waals surface area contributed by atoms with Crippen LogP contribution in [0.15, 0.2) is 30.3 Å². The molecule has 0 unspecified atom stereocenters. The average molecular weight is 326 g/mol. The summed E-state index contributed by atoms with van der Waals surface area (Å²) in [5, 5.41) is 3.43. The molecule has 0 bridgehead atoms. The molecule has 2 heterocycles.